The fourth-order valence-corrected chi connectivity index (χ4v) is 2.30. The zero-order valence-electron chi connectivity index (χ0n) is 9.67. The molecule has 5 nitrogen and oxygen atoms in total. The van der Waals surface area contributed by atoms with E-state index in [2.05, 4.69) is 0 Å². The third kappa shape index (κ3) is 2.93. The van der Waals surface area contributed by atoms with Gasteiger partial charge in [-0.15, -0.1) is 0 Å². The number of hydrogen-bond donors (Lipinski definition) is 2. The third-order valence-electron chi connectivity index (χ3n) is 3.18. The summed E-state index contributed by atoms with van der Waals surface area (Å²) in [5.74, 6) is 0. The second-order valence-electron chi connectivity index (χ2n) is 4.59. The number of aliphatic hydroxyl groups excluding tert-OH is 1. The highest BCUT2D eigenvalue weighted by Gasteiger charge is 2.36. The van der Waals surface area contributed by atoms with Crippen LogP contribution in [0.1, 0.15) is 32.6 Å². The molecule has 2 fully saturated rings. The first-order valence-corrected chi connectivity index (χ1v) is 6.03. The van der Waals surface area contributed by atoms with E-state index in [1.54, 1.807) is 0 Å². The first-order chi connectivity index (χ1) is 7.66. The predicted molar refractivity (Wildman–Crippen MR) is 57.6 cm³/mol. The average molecular weight is 231 g/mol. The highest BCUT2D eigenvalue weighted by molar-refractivity contribution is 4.85. The van der Waals surface area contributed by atoms with E-state index in [-0.39, 0.29) is 24.5 Å². The maximum atomic E-state index is 9.38. The van der Waals surface area contributed by atoms with E-state index in [4.69, 9.17) is 19.9 Å². The standard InChI is InChI=1S/C11H21NO4/c1-7-11(8(12)6-9(13)15-7)16-10-4-2-3-5-14-10/h7-11,13H,2-6,12H2,1H3/t7-,8-,9+,10?,11+/m0/s1. The number of hydrogen-bond acceptors (Lipinski definition) is 5. The molecule has 1 unspecified atom stereocenters. The number of aliphatic hydroxyl groups is 1. The fourth-order valence-electron chi connectivity index (χ4n) is 2.30. The third-order valence-corrected chi connectivity index (χ3v) is 3.18. The molecular weight excluding hydrogens is 210 g/mol. The van der Waals surface area contributed by atoms with Gasteiger partial charge in [-0.2, -0.15) is 0 Å². The predicted octanol–water partition coefficient (Wildman–Crippen LogP) is 0.353. The molecule has 5 atom stereocenters. The largest absolute Gasteiger partial charge is 0.368 e. The SMILES string of the molecule is C[C@@H]1O[C@@H](O)C[C@H](N)[C@@H]1OC1CCCCO1. The average Bonchev–Trinajstić information content (AvgIpc) is 2.25. The summed E-state index contributed by atoms with van der Waals surface area (Å²) in [5.41, 5.74) is 5.96. The van der Waals surface area contributed by atoms with Crippen LogP contribution in [0.2, 0.25) is 0 Å². The molecule has 0 bridgehead atoms. The van der Waals surface area contributed by atoms with Gasteiger partial charge in [0.15, 0.2) is 12.6 Å². The molecular formula is C11H21NO4. The molecule has 2 aliphatic rings. The molecule has 2 aliphatic heterocycles. The monoisotopic (exact) mass is 231 g/mol. The van der Waals surface area contributed by atoms with E-state index in [9.17, 15) is 5.11 Å². The van der Waals surface area contributed by atoms with E-state index in [1.165, 1.54) is 0 Å². The van der Waals surface area contributed by atoms with Gasteiger partial charge in [0.1, 0.15) is 6.10 Å². The first kappa shape index (κ1) is 12.3. The molecule has 0 aliphatic carbocycles. The molecule has 0 aromatic rings. The lowest BCUT2D eigenvalue weighted by Gasteiger charge is -2.39. The molecule has 0 radical (unpaired) electrons. The Balaban J connectivity index is 1.86. The van der Waals surface area contributed by atoms with E-state index >= 15 is 0 Å². The Morgan fingerprint density at radius 3 is 2.81 bits per heavy atom. The Morgan fingerprint density at radius 1 is 1.38 bits per heavy atom. The summed E-state index contributed by atoms with van der Waals surface area (Å²) >= 11 is 0. The van der Waals surface area contributed by atoms with Crippen molar-refractivity contribution < 1.29 is 19.3 Å². The van der Waals surface area contributed by atoms with Gasteiger partial charge in [0.25, 0.3) is 0 Å². The van der Waals surface area contributed by atoms with Crippen molar-refractivity contribution in [2.75, 3.05) is 6.61 Å². The van der Waals surface area contributed by atoms with Gasteiger partial charge in [0.2, 0.25) is 0 Å². The molecule has 2 saturated heterocycles. The van der Waals surface area contributed by atoms with E-state index in [0.717, 1.165) is 25.9 Å². The van der Waals surface area contributed by atoms with Gasteiger partial charge in [0, 0.05) is 19.1 Å². The summed E-state index contributed by atoms with van der Waals surface area (Å²) in [6.45, 7) is 2.63. The van der Waals surface area contributed by atoms with Crippen molar-refractivity contribution in [2.24, 2.45) is 5.73 Å². The van der Waals surface area contributed by atoms with Gasteiger partial charge in [0.05, 0.1) is 6.10 Å². The molecule has 94 valence electrons. The molecule has 2 rings (SSSR count). The van der Waals surface area contributed by atoms with E-state index in [1.807, 2.05) is 6.92 Å². The second kappa shape index (κ2) is 5.42. The molecule has 0 amide bonds. The van der Waals surface area contributed by atoms with Crippen LogP contribution in [-0.2, 0) is 14.2 Å². The lowest BCUT2D eigenvalue weighted by Crippen LogP contribution is -2.54. The molecule has 5 heteroatoms. The minimum atomic E-state index is -0.767. The van der Waals surface area contributed by atoms with Gasteiger partial charge in [-0.05, 0) is 26.2 Å². The van der Waals surface area contributed by atoms with Gasteiger partial charge < -0.3 is 25.1 Å². The molecule has 2 heterocycles. The summed E-state index contributed by atoms with van der Waals surface area (Å²) in [6.07, 6.45) is 2.26. The Labute approximate surface area is 95.9 Å². The Bertz CT molecular complexity index is 208. The summed E-state index contributed by atoms with van der Waals surface area (Å²) in [4.78, 5) is 0. The highest BCUT2D eigenvalue weighted by atomic mass is 16.7. The smallest absolute Gasteiger partial charge is 0.158 e. The van der Waals surface area contributed by atoms with Crippen molar-refractivity contribution >= 4 is 0 Å². The van der Waals surface area contributed by atoms with Crippen LogP contribution in [0.25, 0.3) is 0 Å². The van der Waals surface area contributed by atoms with Crippen molar-refractivity contribution in [1.82, 2.24) is 0 Å². The molecule has 16 heavy (non-hydrogen) atoms. The highest BCUT2D eigenvalue weighted by Crippen LogP contribution is 2.24. The van der Waals surface area contributed by atoms with Gasteiger partial charge in [-0.25, -0.2) is 0 Å². The summed E-state index contributed by atoms with van der Waals surface area (Å²) in [5, 5.41) is 9.38. The lowest BCUT2D eigenvalue weighted by atomic mass is 10.0. The maximum absolute atomic E-state index is 9.38. The molecule has 3 N–H and O–H groups in total. The minimum Gasteiger partial charge on any atom is -0.368 e. The zero-order chi connectivity index (χ0) is 11.5. The van der Waals surface area contributed by atoms with Crippen molar-refractivity contribution in [3.63, 3.8) is 0 Å². The van der Waals surface area contributed by atoms with Crippen molar-refractivity contribution in [1.29, 1.82) is 0 Å². The van der Waals surface area contributed by atoms with E-state index < -0.39 is 6.29 Å². The maximum Gasteiger partial charge on any atom is 0.158 e. The Morgan fingerprint density at radius 2 is 2.19 bits per heavy atom. The van der Waals surface area contributed by atoms with Crippen molar-refractivity contribution in [2.45, 2.75) is 63.4 Å². The number of nitrogens with two attached hydrogens (primary N) is 1. The summed E-state index contributed by atoms with van der Waals surface area (Å²) < 4.78 is 16.6. The van der Waals surface area contributed by atoms with Crippen LogP contribution in [0.4, 0.5) is 0 Å². The molecule has 0 aromatic heterocycles. The quantitative estimate of drug-likeness (QED) is 0.717. The topological polar surface area (TPSA) is 73.9 Å². The van der Waals surface area contributed by atoms with Crippen molar-refractivity contribution in [3.8, 4) is 0 Å². The molecule has 0 aromatic carbocycles. The molecule has 0 saturated carbocycles. The number of rotatable bonds is 2. The summed E-state index contributed by atoms with van der Waals surface area (Å²) in [6, 6.07) is -0.190. The van der Waals surface area contributed by atoms with Crippen LogP contribution in [0.3, 0.4) is 0 Å². The summed E-state index contributed by atoms with van der Waals surface area (Å²) in [7, 11) is 0. The lowest BCUT2D eigenvalue weighted by molar-refractivity contribution is -0.259. The van der Waals surface area contributed by atoms with Crippen LogP contribution in [0.5, 0.6) is 0 Å². The van der Waals surface area contributed by atoms with Gasteiger partial charge in [-0.1, -0.05) is 0 Å². The van der Waals surface area contributed by atoms with Gasteiger partial charge >= 0.3 is 0 Å². The fraction of sp³-hybridized carbons (Fsp3) is 1.00. The van der Waals surface area contributed by atoms with Crippen LogP contribution < -0.4 is 5.73 Å². The minimum absolute atomic E-state index is 0.161. The normalized spacial score (nSPS) is 45.6. The van der Waals surface area contributed by atoms with Crippen LogP contribution in [0, 0.1) is 0 Å². The van der Waals surface area contributed by atoms with Crippen LogP contribution in [0.15, 0.2) is 0 Å². The second-order valence-corrected chi connectivity index (χ2v) is 4.59. The van der Waals surface area contributed by atoms with Gasteiger partial charge in [-0.3, -0.25) is 0 Å². The van der Waals surface area contributed by atoms with Crippen LogP contribution >= 0.6 is 0 Å². The first-order valence-electron chi connectivity index (χ1n) is 6.03. The number of ether oxygens (including phenoxy) is 3. The van der Waals surface area contributed by atoms with Crippen molar-refractivity contribution in [3.05, 3.63) is 0 Å². The van der Waals surface area contributed by atoms with Crippen LogP contribution in [-0.4, -0.2) is 42.5 Å². The molecule has 0 spiro atoms. The Kier molecular flexibility index (Phi) is 4.16. The van der Waals surface area contributed by atoms with E-state index in [0.29, 0.717) is 6.42 Å². The Hall–Kier alpha value is -0.200. The zero-order valence-corrected chi connectivity index (χ0v) is 9.67.